The van der Waals surface area contributed by atoms with Gasteiger partial charge in [0.1, 0.15) is 5.60 Å². The Hall–Kier alpha value is -0.693. The van der Waals surface area contributed by atoms with Crippen LogP contribution < -0.4 is 0 Å². The van der Waals surface area contributed by atoms with Gasteiger partial charge in [0.15, 0.2) is 8.32 Å². The number of carbonyl (C=O) groups is 1. The van der Waals surface area contributed by atoms with E-state index in [1.807, 2.05) is 0 Å². The van der Waals surface area contributed by atoms with Gasteiger partial charge in [-0.3, -0.25) is 4.79 Å². The van der Waals surface area contributed by atoms with Gasteiger partial charge in [0.05, 0.1) is 18.6 Å². The first-order valence-corrected chi connectivity index (χ1v) is 17.4. The summed E-state index contributed by atoms with van der Waals surface area (Å²) >= 11 is 0. The van der Waals surface area contributed by atoms with Gasteiger partial charge in [0.25, 0.3) is 0 Å². The van der Waals surface area contributed by atoms with Gasteiger partial charge < -0.3 is 19.4 Å². The van der Waals surface area contributed by atoms with Crippen LogP contribution in [0.2, 0.25) is 18.1 Å². The molecule has 2 N–H and O–H groups in total. The lowest BCUT2D eigenvalue weighted by molar-refractivity contribution is -0.196. The minimum Gasteiger partial charge on any atom is -0.466 e. The smallest absolute Gasteiger partial charge is 0.311 e. The SMILES string of the molecule is CCOC(=O)[C@H](C)[C@@]1(O)[C@@H](O)C[C@H]2[C@@H]3CC=C4C[C@@H](O[Si](C)(C)C(C)(C)C)CC[C@]4(C)[C@H]3CC[C@@]21C. The van der Waals surface area contributed by atoms with Crippen molar-refractivity contribution < 1.29 is 24.2 Å². The largest absolute Gasteiger partial charge is 0.466 e. The molecule has 4 rings (SSSR count). The molecule has 0 radical (unpaired) electrons. The Morgan fingerprint density at radius 3 is 2.47 bits per heavy atom. The van der Waals surface area contributed by atoms with Crippen molar-refractivity contribution in [3.05, 3.63) is 11.6 Å². The molecular weight excluding hydrogens is 468 g/mol. The Bertz CT molecular complexity index is 892. The van der Waals surface area contributed by atoms with Gasteiger partial charge in [-0.1, -0.05) is 46.3 Å². The van der Waals surface area contributed by atoms with Gasteiger partial charge in [-0.05, 0) is 100 Å². The summed E-state index contributed by atoms with van der Waals surface area (Å²) in [5.74, 6) is 0.0299. The lowest BCUT2D eigenvalue weighted by Gasteiger charge is -2.59. The molecule has 0 aromatic carbocycles. The first kappa shape index (κ1) is 28.3. The molecule has 6 heteroatoms. The molecule has 0 aliphatic heterocycles. The van der Waals surface area contributed by atoms with Crippen LogP contribution in [-0.4, -0.2) is 48.9 Å². The molecule has 0 bridgehead atoms. The second-order valence-electron chi connectivity index (χ2n) is 14.5. The predicted octanol–water partition coefficient (Wildman–Crippen LogP) is 6.24. The van der Waals surface area contributed by atoms with Crippen LogP contribution in [0.15, 0.2) is 11.6 Å². The first-order valence-electron chi connectivity index (χ1n) is 14.5. The maximum Gasteiger partial charge on any atom is 0.311 e. The second kappa shape index (κ2) is 9.20. The van der Waals surface area contributed by atoms with Gasteiger partial charge in [0.2, 0.25) is 0 Å². The van der Waals surface area contributed by atoms with E-state index in [0.29, 0.717) is 24.4 Å². The Kier molecular flexibility index (Phi) is 7.24. The van der Waals surface area contributed by atoms with Gasteiger partial charge in [-0.25, -0.2) is 0 Å². The molecule has 4 aliphatic carbocycles. The molecule has 0 spiro atoms. The summed E-state index contributed by atoms with van der Waals surface area (Å²) < 4.78 is 12.1. The lowest BCUT2D eigenvalue weighted by atomic mass is 9.46. The average Bonchev–Trinajstić information content (AvgIpc) is 2.99. The van der Waals surface area contributed by atoms with Crippen LogP contribution in [0.1, 0.15) is 93.4 Å². The topological polar surface area (TPSA) is 76.0 Å². The standard InChI is InChI=1S/C30H52O5Si/c1-10-34-26(32)19(2)30(33)25(31)18-24-22-12-11-20-17-21(35-36(8,9)27(3,4)5)13-15-28(20,6)23(22)14-16-29(24,30)7/h11,19,21-25,31,33H,10,12-18H2,1-9H3/t19-,21-,22+,23-,24-,25-,28-,29-,30+/m0/s1. The fourth-order valence-corrected chi connectivity index (χ4v) is 9.99. The van der Waals surface area contributed by atoms with Gasteiger partial charge in [-0.2, -0.15) is 0 Å². The minimum atomic E-state index is -1.81. The van der Waals surface area contributed by atoms with E-state index in [-0.39, 0.29) is 23.0 Å². The van der Waals surface area contributed by atoms with Crippen molar-refractivity contribution in [3.63, 3.8) is 0 Å². The van der Waals surface area contributed by atoms with Crippen LogP contribution in [0.5, 0.6) is 0 Å². The van der Waals surface area contributed by atoms with Crippen LogP contribution in [0.4, 0.5) is 0 Å². The summed E-state index contributed by atoms with van der Waals surface area (Å²) in [7, 11) is -1.81. The average molecular weight is 521 g/mol. The zero-order valence-electron chi connectivity index (χ0n) is 24.3. The number of allylic oxidation sites excluding steroid dienone is 1. The van der Waals surface area contributed by atoms with Gasteiger partial charge in [-0.15, -0.1) is 0 Å². The molecule has 3 saturated carbocycles. The first-order chi connectivity index (χ1) is 16.5. The molecule has 0 aromatic heterocycles. The number of ether oxygens (including phenoxy) is 1. The Labute approximate surface area is 220 Å². The highest BCUT2D eigenvalue weighted by Gasteiger charge is 2.69. The molecule has 0 saturated heterocycles. The van der Waals surface area contributed by atoms with E-state index in [1.54, 1.807) is 19.4 Å². The molecule has 0 aromatic rings. The fraction of sp³-hybridized carbons (Fsp3) is 0.900. The van der Waals surface area contributed by atoms with Crippen LogP contribution in [0.3, 0.4) is 0 Å². The molecule has 4 aliphatic rings. The molecule has 0 unspecified atom stereocenters. The molecule has 3 fully saturated rings. The van der Waals surface area contributed by atoms with Crippen molar-refractivity contribution in [2.75, 3.05) is 6.61 Å². The van der Waals surface area contributed by atoms with Crippen LogP contribution >= 0.6 is 0 Å². The van der Waals surface area contributed by atoms with Gasteiger partial charge in [0, 0.05) is 11.5 Å². The zero-order valence-corrected chi connectivity index (χ0v) is 25.3. The highest BCUT2D eigenvalue weighted by Crippen LogP contribution is 2.68. The quantitative estimate of drug-likeness (QED) is 0.255. The zero-order chi connectivity index (χ0) is 26.9. The summed E-state index contributed by atoms with van der Waals surface area (Å²) in [5.41, 5.74) is -0.204. The van der Waals surface area contributed by atoms with Crippen molar-refractivity contribution in [1.82, 2.24) is 0 Å². The van der Waals surface area contributed by atoms with Crippen molar-refractivity contribution in [3.8, 4) is 0 Å². The van der Waals surface area contributed by atoms with E-state index in [9.17, 15) is 15.0 Å². The normalized spacial score (nSPS) is 43.6. The number of carbonyl (C=O) groups excluding carboxylic acids is 1. The summed E-state index contributed by atoms with van der Waals surface area (Å²) in [4.78, 5) is 12.7. The molecule has 9 atom stereocenters. The molecule has 0 heterocycles. The summed E-state index contributed by atoms with van der Waals surface area (Å²) in [6.07, 6.45) is 8.64. The van der Waals surface area contributed by atoms with E-state index in [1.165, 1.54) is 0 Å². The molecule has 36 heavy (non-hydrogen) atoms. The van der Waals surface area contributed by atoms with E-state index in [0.717, 1.165) is 38.5 Å². The third-order valence-electron chi connectivity index (χ3n) is 11.9. The number of hydrogen-bond donors (Lipinski definition) is 2. The van der Waals surface area contributed by atoms with Crippen LogP contribution in [0.25, 0.3) is 0 Å². The molecule has 0 amide bonds. The third-order valence-corrected chi connectivity index (χ3v) is 16.5. The van der Waals surface area contributed by atoms with Crippen molar-refractivity contribution >= 4 is 14.3 Å². The summed E-state index contributed by atoms with van der Waals surface area (Å²) in [6, 6.07) is 0. The second-order valence-corrected chi connectivity index (χ2v) is 19.3. The lowest BCUT2D eigenvalue weighted by Crippen LogP contribution is -2.60. The number of rotatable bonds is 5. The Morgan fingerprint density at radius 2 is 1.86 bits per heavy atom. The molecule has 5 nitrogen and oxygen atoms in total. The van der Waals surface area contributed by atoms with E-state index in [2.05, 4.69) is 53.8 Å². The molecular formula is C30H52O5Si. The summed E-state index contributed by atoms with van der Waals surface area (Å²) in [6.45, 7) is 20.1. The van der Waals surface area contributed by atoms with E-state index in [4.69, 9.17) is 9.16 Å². The van der Waals surface area contributed by atoms with E-state index >= 15 is 0 Å². The number of fused-ring (bicyclic) bond motifs is 5. The minimum absolute atomic E-state index is 0.163. The predicted molar refractivity (Wildman–Crippen MR) is 146 cm³/mol. The van der Waals surface area contributed by atoms with Crippen molar-refractivity contribution in [2.45, 2.75) is 129 Å². The van der Waals surface area contributed by atoms with Crippen molar-refractivity contribution in [2.24, 2.45) is 34.5 Å². The van der Waals surface area contributed by atoms with Crippen molar-refractivity contribution in [1.29, 1.82) is 0 Å². The maximum absolute atomic E-state index is 12.7. The number of aliphatic hydroxyl groups is 2. The number of aliphatic hydroxyl groups excluding tert-OH is 1. The third kappa shape index (κ3) is 4.08. The summed E-state index contributed by atoms with van der Waals surface area (Å²) in [5, 5.41) is 23.5. The maximum atomic E-state index is 12.7. The Morgan fingerprint density at radius 1 is 1.19 bits per heavy atom. The number of esters is 1. The highest BCUT2D eigenvalue weighted by molar-refractivity contribution is 6.74. The van der Waals surface area contributed by atoms with E-state index < -0.39 is 37.3 Å². The Balaban J connectivity index is 1.57. The highest BCUT2D eigenvalue weighted by atomic mass is 28.4. The van der Waals surface area contributed by atoms with Gasteiger partial charge >= 0.3 is 5.97 Å². The van der Waals surface area contributed by atoms with Crippen LogP contribution in [-0.2, 0) is 14.0 Å². The fourth-order valence-electron chi connectivity index (χ4n) is 8.60. The molecule has 206 valence electrons. The number of hydrogen-bond acceptors (Lipinski definition) is 5. The monoisotopic (exact) mass is 520 g/mol. The van der Waals surface area contributed by atoms with Crippen LogP contribution in [0, 0.1) is 34.5 Å².